The smallest absolute Gasteiger partial charge is 0.340 e. The van der Waals surface area contributed by atoms with Crippen molar-refractivity contribution < 1.29 is 9.53 Å². The van der Waals surface area contributed by atoms with E-state index in [1.54, 1.807) is 12.1 Å². The van der Waals surface area contributed by atoms with Crippen LogP contribution in [0, 0.1) is 20.8 Å². The summed E-state index contributed by atoms with van der Waals surface area (Å²) in [5.74, 6) is -0.384. The van der Waals surface area contributed by atoms with E-state index in [9.17, 15) is 4.79 Å². The number of carbonyl (C=O) groups is 1. The summed E-state index contributed by atoms with van der Waals surface area (Å²) >= 11 is 0. The molecule has 2 aromatic carbocycles. The van der Waals surface area contributed by atoms with Crippen molar-refractivity contribution >= 4 is 11.7 Å². The van der Waals surface area contributed by atoms with Gasteiger partial charge in [-0.1, -0.05) is 41.0 Å². The zero-order chi connectivity index (χ0) is 14.7. The van der Waals surface area contributed by atoms with Gasteiger partial charge in [0.2, 0.25) is 0 Å². The lowest BCUT2D eigenvalue weighted by molar-refractivity contribution is 0.0473. The molecular weight excluding hydrogens is 250 g/mol. The number of esters is 1. The molecule has 0 saturated heterocycles. The van der Waals surface area contributed by atoms with Crippen molar-refractivity contribution in [3.05, 3.63) is 64.2 Å². The van der Waals surface area contributed by atoms with Crippen LogP contribution in [0.3, 0.4) is 0 Å². The summed E-state index contributed by atoms with van der Waals surface area (Å²) in [4.78, 5) is 12.1. The molecule has 3 heteroatoms. The van der Waals surface area contributed by atoms with E-state index < -0.39 is 0 Å². The van der Waals surface area contributed by atoms with E-state index in [4.69, 9.17) is 10.5 Å². The Kier molecular flexibility index (Phi) is 4.08. The average molecular weight is 269 g/mol. The quantitative estimate of drug-likeness (QED) is 0.684. The number of rotatable bonds is 3. The lowest BCUT2D eigenvalue weighted by Crippen LogP contribution is -2.08. The van der Waals surface area contributed by atoms with Crippen LogP contribution in [0.4, 0.5) is 5.69 Å². The third kappa shape index (κ3) is 3.38. The molecular formula is C17H19NO2. The first kappa shape index (κ1) is 14.1. The molecule has 0 aliphatic carbocycles. The van der Waals surface area contributed by atoms with Crippen LogP contribution in [0.5, 0.6) is 0 Å². The van der Waals surface area contributed by atoms with E-state index in [-0.39, 0.29) is 12.6 Å². The average Bonchev–Trinajstić information content (AvgIpc) is 2.38. The number of hydrogen-bond donors (Lipinski definition) is 1. The molecule has 0 unspecified atom stereocenters. The normalized spacial score (nSPS) is 10.3. The Morgan fingerprint density at radius 3 is 2.30 bits per heavy atom. The summed E-state index contributed by atoms with van der Waals surface area (Å²) < 4.78 is 5.34. The van der Waals surface area contributed by atoms with E-state index in [0.29, 0.717) is 11.3 Å². The van der Waals surface area contributed by atoms with Crippen LogP contribution in [0.25, 0.3) is 0 Å². The minimum atomic E-state index is -0.384. The molecule has 20 heavy (non-hydrogen) atoms. The van der Waals surface area contributed by atoms with Crippen molar-refractivity contribution in [3.8, 4) is 0 Å². The predicted octanol–water partition coefficient (Wildman–Crippen LogP) is 3.55. The Morgan fingerprint density at radius 1 is 1.00 bits per heavy atom. The van der Waals surface area contributed by atoms with Gasteiger partial charge in [0.25, 0.3) is 0 Å². The van der Waals surface area contributed by atoms with Gasteiger partial charge in [0.05, 0.1) is 5.56 Å². The number of aryl methyl sites for hydroxylation is 3. The van der Waals surface area contributed by atoms with Crippen LogP contribution in [-0.2, 0) is 11.3 Å². The maximum Gasteiger partial charge on any atom is 0.340 e. The number of carbonyl (C=O) groups excluding carboxylic acids is 1. The minimum absolute atomic E-state index is 0.259. The molecule has 0 spiro atoms. The van der Waals surface area contributed by atoms with Gasteiger partial charge in [-0.05, 0) is 38.5 Å². The van der Waals surface area contributed by atoms with Crippen LogP contribution in [-0.4, -0.2) is 5.97 Å². The van der Waals surface area contributed by atoms with Gasteiger partial charge in [-0.2, -0.15) is 0 Å². The van der Waals surface area contributed by atoms with E-state index in [0.717, 1.165) is 22.3 Å². The van der Waals surface area contributed by atoms with E-state index in [2.05, 4.69) is 6.07 Å². The number of ether oxygens (including phenoxy) is 1. The maximum atomic E-state index is 12.1. The van der Waals surface area contributed by atoms with Crippen LogP contribution in [0.15, 0.2) is 36.4 Å². The molecule has 0 fully saturated rings. The second-order valence-electron chi connectivity index (χ2n) is 5.16. The highest BCUT2D eigenvalue weighted by Gasteiger charge is 2.11. The third-order valence-corrected chi connectivity index (χ3v) is 3.08. The molecule has 2 aromatic rings. The lowest BCUT2D eigenvalue weighted by atomic mass is 10.1. The first-order valence-corrected chi connectivity index (χ1v) is 6.56. The molecule has 0 aliphatic heterocycles. The molecule has 0 amide bonds. The van der Waals surface area contributed by atoms with Crippen LogP contribution >= 0.6 is 0 Å². The Labute approximate surface area is 119 Å². The van der Waals surface area contributed by atoms with E-state index >= 15 is 0 Å². The summed E-state index contributed by atoms with van der Waals surface area (Å²) in [6.07, 6.45) is 0. The van der Waals surface area contributed by atoms with Crippen LogP contribution in [0.2, 0.25) is 0 Å². The fourth-order valence-electron chi connectivity index (χ4n) is 2.23. The monoisotopic (exact) mass is 269 g/mol. The van der Waals surface area contributed by atoms with Gasteiger partial charge in [-0.3, -0.25) is 0 Å². The highest BCUT2D eigenvalue weighted by Crippen LogP contribution is 2.16. The highest BCUT2D eigenvalue weighted by atomic mass is 16.5. The largest absolute Gasteiger partial charge is 0.457 e. The number of anilines is 1. The molecule has 2 N–H and O–H groups in total. The zero-order valence-corrected chi connectivity index (χ0v) is 12.1. The minimum Gasteiger partial charge on any atom is -0.457 e. The number of nitrogens with two attached hydrogens (primary N) is 1. The molecule has 0 aromatic heterocycles. The Morgan fingerprint density at radius 2 is 1.65 bits per heavy atom. The van der Waals surface area contributed by atoms with Crippen molar-refractivity contribution in [1.82, 2.24) is 0 Å². The fourth-order valence-corrected chi connectivity index (χ4v) is 2.23. The van der Waals surface area contributed by atoms with Crippen LogP contribution in [0.1, 0.15) is 32.6 Å². The molecule has 104 valence electrons. The topological polar surface area (TPSA) is 52.3 Å². The standard InChI is InChI=1S/C17H19NO2/c1-11-4-5-16(18)15(9-11)17(19)20-10-14-7-12(2)6-13(3)8-14/h4-9H,10,18H2,1-3H3. The molecule has 0 saturated carbocycles. The SMILES string of the molecule is Cc1cc(C)cc(COC(=O)c2cc(C)ccc2N)c1. The maximum absolute atomic E-state index is 12.1. The van der Waals surface area contributed by atoms with Crippen molar-refractivity contribution in [2.45, 2.75) is 27.4 Å². The van der Waals surface area contributed by atoms with E-state index in [1.165, 1.54) is 0 Å². The summed E-state index contributed by atoms with van der Waals surface area (Å²) in [6.45, 7) is 6.22. The van der Waals surface area contributed by atoms with E-state index in [1.807, 2.05) is 39.0 Å². The third-order valence-electron chi connectivity index (χ3n) is 3.08. The molecule has 0 heterocycles. The fraction of sp³-hybridized carbons (Fsp3) is 0.235. The van der Waals surface area contributed by atoms with Gasteiger partial charge in [-0.25, -0.2) is 4.79 Å². The number of nitrogen functional groups attached to an aromatic ring is 1. The summed E-state index contributed by atoms with van der Waals surface area (Å²) in [7, 11) is 0. The number of hydrogen-bond acceptors (Lipinski definition) is 3. The first-order valence-electron chi connectivity index (χ1n) is 6.56. The summed E-state index contributed by atoms with van der Waals surface area (Å²) in [6, 6.07) is 11.5. The van der Waals surface area contributed by atoms with Gasteiger partial charge in [0.1, 0.15) is 6.61 Å². The Hall–Kier alpha value is -2.29. The molecule has 0 atom stereocenters. The summed E-state index contributed by atoms with van der Waals surface area (Å²) in [5.41, 5.74) is 11.0. The molecule has 3 nitrogen and oxygen atoms in total. The predicted molar refractivity (Wildman–Crippen MR) is 80.6 cm³/mol. The van der Waals surface area contributed by atoms with Gasteiger partial charge in [0, 0.05) is 5.69 Å². The Balaban J connectivity index is 2.10. The molecule has 0 radical (unpaired) electrons. The second kappa shape index (κ2) is 5.78. The van der Waals surface area contributed by atoms with Gasteiger partial charge < -0.3 is 10.5 Å². The number of benzene rings is 2. The lowest BCUT2D eigenvalue weighted by Gasteiger charge is -2.09. The van der Waals surface area contributed by atoms with Crippen molar-refractivity contribution in [3.63, 3.8) is 0 Å². The van der Waals surface area contributed by atoms with Crippen molar-refractivity contribution in [2.75, 3.05) is 5.73 Å². The highest BCUT2D eigenvalue weighted by molar-refractivity contribution is 5.95. The van der Waals surface area contributed by atoms with Crippen molar-refractivity contribution in [2.24, 2.45) is 0 Å². The van der Waals surface area contributed by atoms with Gasteiger partial charge >= 0.3 is 5.97 Å². The first-order chi connectivity index (χ1) is 9.45. The second-order valence-corrected chi connectivity index (χ2v) is 5.16. The Bertz CT molecular complexity index is 627. The molecule has 0 aliphatic rings. The van der Waals surface area contributed by atoms with Crippen molar-refractivity contribution in [1.29, 1.82) is 0 Å². The summed E-state index contributed by atoms with van der Waals surface area (Å²) in [5, 5.41) is 0. The molecule has 2 rings (SSSR count). The zero-order valence-electron chi connectivity index (χ0n) is 12.1. The van der Waals surface area contributed by atoms with Gasteiger partial charge in [-0.15, -0.1) is 0 Å². The molecule has 0 bridgehead atoms. The van der Waals surface area contributed by atoms with Crippen LogP contribution < -0.4 is 5.73 Å². The van der Waals surface area contributed by atoms with Gasteiger partial charge in [0.15, 0.2) is 0 Å².